The minimum atomic E-state index is -0.618. The van der Waals surface area contributed by atoms with Gasteiger partial charge in [-0.3, -0.25) is 19.7 Å². The number of nitro benzene ring substituents is 1. The van der Waals surface area contributed by atoms with E-state index in [0.29, 0.717) is 16.7 Å². The standard InChI is InChI=1S/C18H11NO5/c20-15(10-7-11-5-8-12(9-6-11)19(23)24)16-17(21)13-3-1-2-4-14(13)18(16)22/h1-10,21H/b10-7+. The highest BCUT2D eigenvalue weighted by Gasteiger charge is 2.32. The molecule has 24 heavy (non-hydrogen) atoms. The maximum Gasteiger partial charge on any atom is 0.269 e. The van der Waals surface area contributed by atoms with E-state index in [1.165, 1.54) is 30.3 Å². The van der Waals surface area contributed by atoms with Gasteiger partial charge in [0, 0.05) is 23.3 Å². The van der Waals surface area contributed by atoms with E-state index in [4.69, 9.17) is 0 Å². The summed E-state index contributed by atoms with van der Waals surface area (Å²) in [6.45, 7) is 0. The third-order valence-corrected chi connectivity index (χ3v) is 3.67. The van der Waals surface area contributed by atoms with Gasteiger partial charge in [0.05, 0.1) is 4.92 Å². The van der Waals surface area contributed by atoms with Crippen molar-refractivity contribution in [2.45, 2.75) is 0 Å². The number of aliphatic hydroxyl groups excluding tert-OH is 1. The van der Waals surface area contributed by atoms with Crippen molar-refractivity contribution in [1.29, 1.82) is 0 Å². The van der Waals surface area contributed by atoms with Crippen molar-refractivity contribution >= 4 is 29.1 Å². The van der Waals surface area contributed by atoms with Crippen molar-refractivity contribution in [3.05, 3.63) is 87.0 Å². The molecule has 0 atom stereocenters. The summed E-state index contributed by atoms with van der Waals surface area (Å²) in [5, 5.41) is 20.7. The number of hydrogen-bond donors (Lipinski definition) is 1. The van der Waals surface area contributed by atoms with Crippen LogP contribution in [0.3, 0.4) is 0 Å². The van der Waals surface area contributed by atoms with Crippen LogP contribution in [-0.2, 0) is 4.79 Å². The van der Waals surface area contributed by atoms with E-state index < -0.39 is 16.5 Å². The van der Waals surface area contributed by atoms with Gasteiger partial charge < -0.3 is 5.11 Å². The molecule has 0 radical (unpaired) electrons. The molecule has 0 saturated heterocycles. The maximum atomic E-state index is 12.2. The zero-order valence-electron chi connectivity index (χ0n) is 12.3. The van der Waals surface area contributed by atoms with Crippen molar-refractivity contribution in [2.24, 2.45) is 0 Å². The molecule has 3 rings (SSSR count). The maximum absolute atomic E-state index is 12.2. The first-order valence-electron chi connectivity index (χ1n) is 7.03. The number of benzene rings is 2. The lowest BCUT2D eigenvalue weighted by molar-refractivity contribution is -0.384. The Kier molecular flexibility index (Phi) is 3.79. The number of nitrogens with zero attached hydrogens (tertiary/aromatic N) is 1. The zero-order chi connectivity index (χ0) is 17.3. The van der Waals surface area contributed by atoms with E-state index in [-0.39, 0.29) is 17.0 Å². The first kappa shape index (κ1) is 15.4. The molecule has 0 unspecified atom stereocenters. The van der Waals surface area contributed by atoms with E-state index >= 15 is 0 Å². The Labute approximate surface area is 136 Å². The molecule has 1 N–H and O–H groups in total. The molecule has 1 aliphatic carbocycles. The number of hydrogen-bond acceptors (Lipinski definition) is 5. The smallest absolute Gasteiger partial charge is 0.269 e. The molecule has 2 aromatic rings. The van der Waals surface area contributed by atoms with Crippen LogP contribution in [-0.4, -0.2) is 21.6 Å². The summed E-state index contributed by atoms with van der Waals surface area (Å²) in [7, 11) is 0. The van der Waals surface area contributed by atoms with Crippen LogP contribution in [0.4, 0.5) is 5.69 Å². The van der Waals surface area contributed by atoms with Crippen molar-refractivity contribution < 1.29 is 19.6 Å². The molecular weight excluding hydrogens is 310 g/mol. The van der Waals surface area contributed by atoms with Gasteiger partial charge in [-0.05, 0) is 23.8 Å². The second-order valence-electron chi connectivity index (χ2n) is 5.14. The van der Waals surface area contributed by atoms with E-state index in [0.717, 1.165) is 6.08 Å². The number of aliphatic hydroxyl groups is 1. The van der Waals surface area contributed by atoms with Crippen molar-refractivity contribution in [3.8, 4) is 0 Å². The number of rotatable bonds is 4. The molecule has 6 heteroatoms. The number of carbonyl (C=O) groups is 2. The first-order chi connectivity index (χ1) is 11.5. The summed E-state index contributed by atoms with van der Waals surface area (Å²) in [5.41, 5.74) is 0.878. The molecule has 0 amide bonds. The number of non-ortho nitro benzene ring substituents is 1. The fraction of sp³-hybridized carbons (Fsp3) is 0. The Morgan fingerprint density at radius 3 is 2.25 bits per heavy atom. The molecule has 0 aliphatic heterocycles. The predicted molar refractivity (Wildman–Crippen MR) is 87.5 cm³/mol. The Bertz CT molecular complexity index is 923. The number of nitro groups is 1. The van der Waals surface area contributed by atoms with Gasteiger partial charge in [-0.1, -0.05) is 30.3 Å². The van der Waals surface area contributed by atoms with Crippen LogP contribution in [0, 0.1) is 10.1 Å². The molecule has 2 aromatic carbocycles. The van der Waals surface area contributed by atoms with Crippen LogP contribution in [0.1, 0.15) is 21.5 Å². The van der Waals surface area contributed by atoms with Crippen LogP contribution >= 0.6 is 0 Å². The van der Waals surface area contributed by atoms with Gasteiger partial charge >= 0.3 is 0 Å². The summed E-state index contributed by atoms with van der Waals surface area (Å²) >= 11 is 0. The van der Waals surface area contributed by atoms with Gasteiger partial charge in [0.1, 0.15) is 11.3 Å². The summed E-state index contributed by atoms with van der Waals surface area (Å²) < 4.78 is 0. The van der Waals surface area contributed by atoms with Crippen LogP contribution in [0.25, 0.3) is 11.8 Å². The van der Waals surface area contributed by atoms with E-state index in [2.05, 4.69) is 0 Å². The van der Waals surface area contributed by atoms with Crippen LogP contribution in [0.2, 0.25) is 0 Å². The third-order valence-electron chi connectivity index (χ3n) is 3.67. The normalized spacial score (nSPS) is 13.4. The van der Waals surface area contributed by atoms with Gasteiger partial charge in [-0.2, -0.15) is 0 Å². The Morgan fingerprint density at radius 2 is 1.67 bits per heavy atom. The molecule has 0 aromatic heterocycles. The molecule has 6 nitrogen and oxygen atoms in total. The number of allylic oxidation sites excluding steroid dienone is 2. The van der Waals surface area contributed by atoms with Gasteiger partial charge in [0.25, 0.3) is 5.69 Å². The summed E-state index contributed by atoms with van der Waals surface area (Å²) in [6, 6.07) is 12.1. The highest BCUT2D eigenvalue weighted by atomic mass is 16.6. The molecule has 0 bridgehead atoms. The minimum absolute atomic E-state index is 0.0553. The molecular formula is C18H11NO5. The number of fused-ring (bicyclic) bond motifs is 1. The monoisotopic (exact) mass is 321 g/mol. The second-order valence-corrected chi connectivity index (χ2v) is 5.14. The van der Waals surface area contributed by atoms with E-state index in [1.807, 2.05) is 0 Å². The zero-order valence-corrected chi connectivity index (χ0v) is 12.3. The Morgan fingerprint density at radius 1 is 1.04 bits per heavy atom. The minimum Gasteiger partial charge on any atom is -0.506 e. The van der Waals surface area contributed by atoms with Crippen LogP contribution in [0.15, 0.2) is 60.2 Å². The van der Waals surface area contributed by atoms with Crippen molar-refractivity contribution in [2.75, 3.05) is 0 Å². The van der Waals surface area contributed by atoms with Gasteiger partial charge in [-0.25, -0.2) is 0 Å². The summed E-state index contributed by atoms with van der Waals surface area (Å²) in [6.07, 6.45) is 2.60. The lowest BCUT2D eigenvalue weighted by Crippen LogP contribution is -2.08. The molecule has 0 fully saturated rings. The van der Waals surface area contributed by atoms with Gasteiger partial charge in [0.15, 0.2) is 5.78 Å². The molecule has 118 valence electrons. The second kappa shape index (κ2) is 5.92. The van der Waals surface area contributed by atoms with Gasteiger partial charge in [0.2, 0.25) is 5.78 Å². The number of carbonyl (C=O) groups excluding carboxylic acids is 2. The lowest BCUT2D eigenvalue weighted by atomic mass is 10.1. The molecule has 0 saturated carbocycles. The predicted octanol–water partition coefficient (Wildman–Crippen LogP) is 3.34. The topological polar surface area (TPSA) is 97.5 Å². The first-order valence-corrected chi connectivity index (χ1v) is 7.03. The highest BCUT2D eigenvalue weighted by molar-refractivity contribution is 6.36. The SMILES string of the molecule is O=C(/C=C/c1ccc([N+](=O)[O-])cc1)C1=C(O)c2ccccc2C1=O. The molecule has 1 aliphatic rings. The average Bonchev–Trinajstić information content (AvgIpc) is 2.85. The fourth-order valence-corrected chi connectivity index (χ4v) is 2.46. The third kappa shape index (κ3) is 2.61. The average molecular weight is 321 g/mol. The van der Waals surface area contributed by atoms with Crippen molar-refractivity contribution in [1.82, 2.24) is 0 Å². The van der Waals surface area contributed by atoms with Crippen LogP contribution in [0.5, 0.6) is 0 Å². The number of ketones is 2. The van der Waals surface area contributed by atoms with E-state index in [9.17, 15) is 24.8 Å². The molecule has 0 heterocycles. The van der Waals surface area contributed by atoms with Crippen molar-refractivity contribution in [3.63, 3.8) is 0 Å². The number of Topliss-reactive ketones (excluding diaryl/α,β-unsaturated/α-hetero) is 1. The van der Waals surface area contributed by atoms with Gasteiger partial charge in [-0.15, -0.1) is 0 Å². The van der Waals surface area contributed by atoms with Crippen LogP contribution < -0.4 is 0 Å². The quantitative estimate of drug-likeness (QED) is 0.403. The van der Waals surface area contributed by atoms with E-state index in [1.54, 1.807) is 24.3 Å². The summed E-state index contributed by atoms with van der Waals surface area (Å²) in [5.74, 6) is -1.46. The Hall–Kier alpha value is -3.54. The summed E-state index contributed by atoms with van der Waals surface area (Å²) in [4.78, 5) is 34.6. The Balaban J connectivity index is 1.84. The fourth-order valence-electron chi connectivity index (χ4n) is 2.46. The largest absolute Gasteiger partial charge is 0.506 e. The highest BCUT2D eigenvalue weighted by Crippen LogP contribution is 2.31. The lowest BCUT2D eigenvalue weighted by Gasteiger charge is -1.97. The molecule has 0 spiro atoms.